The number of methoxy groups -OCH3 is 1. The lowest BCUT2D eigenvalue weighted by Crippen LogP contribution is -2.58. The number of phenols is 2. The fraction of sp³-hybridized carbons (Fsp3) is 0.400. The molecule has 5 rings (SSSR count). The summed E-state index contributed by atoms with van der Waals surface area (Å²) in [6.07, 6.45) is -9.50. The van der Waals surface area contributed by atoms with Crippen molar-refractivity contribution in [3.05, 3.63) is 57.6 Å². The van der Waals surface area contributed by atoms with E-state index in [4.69, 9.17) is 14.2 Å². The quantitative estimate of drug-likeness (QED) is 0.257. The monoisotopic (exact) mass is 516 g/mol. The predicted molar refractivity (Wildman–Crippen MR) is 120 cm³/mol. The first kappa shape index (κ1) is 25.4. The van der Waals surface area contributed by atoms with E-state index in [1.54, 1.807) is 0 Å². The number of hydrogen-bond acceptors (Lipinski definition) is 12. The summed E-state index contributed by atoms with van der Waals surface area (Å²) in [5, 5.41) is 62.9. The molecule has 1 fully saturated rings. The number of aliphatic hydroxyl groups is 4. The minimum atomic E-state index is -2.26. The summed E-state index contributed by atoms with van der Waals surface area (Å²) in [5.74, 6) is -3.85. The second-order valence-corrected chi connectivity index (χ2v) is 9.41. The summed E-state index contributed by atoms with van der Waals surface area (Å²) in [6, 6.07) is 4.96. The third-order valence-electron chi connectivity index (χ3n) is 7.13. The van der Waals surface area contributed by atoms with Crippen molar-refractivity contribution in [1.29, 1.82) is 0 Å². The fourth-order valence-corrected chi connectivity index (χ4v) is 5.19. The second-order valence-electron chi connectivity index (χ2n) is 9.41. The molecule has 7 atom stereocenters. The van der Waals surface area contributed by atoms with Crippen LogP contribution < -0.4 is 0 Å². The van der Waals surface area contributed by atoms with E-state index in [1.807, 2.05) is 0 Å². The van der Waals surface area contributed by atoms with E-state index in [0.717, 1.165) is 20.1 Å². The summed E-state index contributed by atoms with van der Waals surface area (Å²) in [5.41, 5.74) is -4.17. The van der Waals surface area contributed by atoms with Crippen molar-refractivity contribution in [2.75, 3.05) is 13.7 Å². The highest BCUT2D eigenvalue weighted by Gasteiger charge is 2.55. The van der Waals surface area contributed by atoms with Crippen LogP contribution in [0.1, 0.15) is 60.8 Å². The normalized spacial score (nSPS) is 33.1. The van der Waals surface area contributed by atoms with Gasteiger partial charge in [-0.05, 0) is 19.1 Å². The zero-order valence-corrected chi connectivity index (χ0v) is 19.6. The lowest BCUT2D eigenvalue weighted by Gasteiger charge is -2.44. The minimum Gasteiger partial charge on any atom is -0.507 e. The minimum absolute atomic E-state index is 0.124. The maximum absolute atomic E-state index is 13.4. The standard InChI is InChI=1S/C25H24O12/c1-25(34)22(33)10-6-9-14(18(30)13-8(16(9)28)4-3-5-11(13)26)19(31)15(10)21(23(25)35-2)37-24-20(32)17(29)12(27)7-36-24/h3-6,12,17,20-21,23-24,26-27,29,31-32,34H,7H2,1-2H3/t12-,17+,20-,21-,23+,24+,25-/m1/s1. The van der Waals surface area contributed by atoms with Gasteiger partial charge in [0, 0.05) is 29.4 Å². The number of aromatic hydroxyl groups is 2. The Morgan fingerprint density at radius 3 is 2.35 bits per heavy atom. The van der Waals surface area contributed by atoms with E-state index in [9.17, 15) is 45.0 Å². The first-order valence-corrected chi connectivity index (χ1v) is 11.3. The number of ketones is 3. The molecule has 6 N–H and O–H groups in total. The van der Waals surface area contributed by atoms with Crippen LogP contribution in [0, 0.1) is 0 Å². The van der Waals surface area contributed by atoms with Crippen molar-refractivity contribution in [1.82, 2.24) is 0 Å². The highest BCUT2D eigenvalue weighted by Crippen LogP contribution is 2.49. The molecule has 2 aromatic carbocycles. The Morgan fingerprint density at radius 1 is 0.973 bits per heavy atom. The van der Waals surface area contributed by atoms with E-state index in [0.29, 0.717) is 0 Å². The van der Waals surface area contributed by atoms with Gasteiger partial charge in [-0.15, -0.1) is 0 Å². The van der Waals surface area contributed by atoms with Crippen LogP contribution in [0.25, 0.3) is 0 Å². The average molecular weight is 516 g/mol. The first-order valence-electron chi connectivity index (χ1n) is 11.3. The lowest BCUT2D eigenvalue weighted by atomic mass is 9.72. The topological polar surface area (TPSA) is 200 Å². The number of ether oxygens (including phenoxy) is 3. The van der Waals surface area contributed by atoms with Crippen molar-refractivity contribution in [3.8, 4) is 11.5 Å². The molecule has 1 aliphatic heterocycles. The summed E-state index contributed by atoms with van der Waals surface area (Å²) < 4.78 is 16.5. The van der Waals surface area contributed by atoms with Gasteiger partial charge in [0.1, 0.15) is 42.0 Å². The van der Waals surface area contributed by atoms with Crippen LogP contribution in [0.2, 0.25) is 0 Å². The molecule has 196 valence electrons. The van der Waals surface area contributed by atoms with Gasteiger partial charge >= 0.3 is 0 Å². The lowest BCUT2D eigenvalue weighted by molar-refractivity contribution is -0.298. The van der Waals surface area contributed by atoms with E-state index in [-0.39, 0.29) is 27.8 Å². The maximum atomic E-state index is 13.4. The van der Waals surface area contributed by atoms with Gasteiger partial charge in [0.2, 0.25) is 5.78 Å². The number of carbonyl (C=O) groups excluding carboxylic acids is 3. The molecule has 1 saturated heterocycles. The highest BCUT2D eigenvalue weighted by molar-refractivity contribution is 6.31. The molecule has 37 heavy (non-hydrogen) atoms. The van der Waals surface area contributed by atoms with Crippen LogP contribution in [0.15, 0.2) is 24.3 Å². The predicted octanol–water partition coefficient (Wildman–Crippen LogP) is -0.668. The van der Waals surface area contributed by atoms with Crippen LogP contribution in [-0.4, -0.2) is 98.0 Å². The van der Waals surface area contributed by atoms with Crippen LogP contribution in [-0.2, 0) is 14.2 Å². The Kier molecular flexibility index (Phi) is 5.96. The molecule has 0 bridgehead atoms. The Morgan fingerprint density at radius 2 is 1.68 bits per heavy atom. The molecule has 0 radical (unpaired) electrons. The Bertz CT molecular complexity index is 1330. The summed E-state index contributed by atoms with van der Waals surface area (Å²) in [7, 11) is 1.16. The van der Waals surface area contributed by atoms with Gasteiger partial charge in [-0.1, -0.05) is 12.1 Å². The SMILES string of the molecule is CO[C@H]1[C@H](O[C@@H]2OC[C@@H](O)[C@H](O)[C@H]2O)c2c(cc3c(c2O)C(=O)c2c(O)cccc2C3=O)C(=O)[C@@]1(C)O. The summed E-state index contributed by atoms with van der Waals surface area (Å²) >= 11 is 0. The molecule has 2 aliphatic carbocycles. The smallest absolute Gasteiger partial charge is 0.201 e. The summed E-state index contributed by atoms with van der Waals surface area (Å²) in [6.45, 7) is 0.713. The number of phenolic OH excluding ortho intramolecular Hbond substituents is 2. The molecular formula is C25H24O12. The van der Waals surface area contributed by atoms with Gasteiger partial charge in [0.25, 0.3) is 0 Å². The van der Waals surface area contributed by atoms with Gasteiger partial charge in [-0.25, -0.2) is 0 Å². The zero-order valence-electron chi connectivity index (χ0n) is 19.6. The van der Waals surface area contributed by atoms with Crippen molar-refractivity contribution < 1.29 is 59.2 Å². The van der Waals surface area contributed by atoms with E-state index < -0.39 is 83.4 Å². The number of Topliss-reactive ketones (excluding diaryl/α,β-unsaturated/α-hetero) is 1. The number of benzene rings is 2. The molecule has 2 aromatic rings. The third-order valence-corrected chi connectivity index (χ3v) is 7.13. The highest BCUT2D eigenvalue weighted by atomic mass is 16.7. The molecule has 0 unspecified atom stereocenters. The summed E-state index contributed by atoms with van der Waals surface area (Å²) in [4.78, 5) is 39.9. The van der Waals surface area contributed by atoms with Crippen LogP contribution >= 0.6 is 0 Å². The third kappa shape index (κ3) is 3.53. The van der Waals surface area contributed by atoms with Crippen LogP contribution in [0.4, 0.5) is 0 Å². The molecule has 0 spiro atoms. The first-order chi connectivity index (χ1) is 17.4. The molecule has 12 heteroatoms. The largest absolute Gasteiger partial charge is 0.507 e. The number of hydrogen-bond donors (Lipinski definition) is 6. The molecule has 0 saturated carbocycles. The Balaban J connectivity index is 1.71. The average Bonchev–Trinajstić information content (AvgIpc) is 2.85. The molecular weight excluding hydrogens is 492 g/mol. The number of rotatable bonds is 3. The molecule has 3 aliphatic rings. The van der Waals surface area contributed by atoms with Gasteiger partial charge in [0.15, 0.2) is 23.5 Å². The number of aliphatic hydroxyl groups excluding tert-OH is 3. The van der Waals surface area contributed by atoms with Crippen molar-refractivity contribution in [3.63, 3.8) is 0 Å². The van der Waals surface area contributed by atoms with Gasteiger partial charge < -0.3 is 44.8 Å². The van der Waals surface area contributed by atoms with Crippen molar-refractivity contribution in [2.24, 2.45) is 0 Å². The van der Waals surface area contributed by atoms with Gasteiger partial charge in [-0.2, -0.15) is 0 Å². The maximum Gasteiger partial charge on any atom is 0.201 e. The van der Waals surface area contributed by atoms with E-state index >= 15 is 0 Å². The molecule has 1 heterocycles. The van der Waals surface area contributed by atoms with E-state index in [2.05, 4.69) is 0 Å². The van der Waals surface area contributed by atoms with E-state index in [1.165, 1.54) is 18.2 Å². The van der Waals surface area contributed by atoms with Crippen molar-refractivity contribution >= 4 is 17.3 Å². The number of carbonyl (C=O) groups is 3. The fourth-order valence-electron chi connectivity index (χ4n) is 5.19. The molecule has 0 aromatic heterocycles. The zero-order chi connectivity index (χ0) is 27.0. The van der Waals surface area contributed by atoms with Crippen molar-refractivity contribution in [2.45, 2.75) is 49.3 Å². The Labute approximate surface area is 209 Å². The second kappa shape index (κ2) is 8.67. The molecule has 12 nitrogen and oxygen atoms in total. The Hall–Kier alpha value is -3.23. The molecule has 0 amide bonds. The number of fused-ring (bicyclic) bond motifs is 3. The van der Waals surface area contributed by atoms with Crippen LogP contribution in [0.3, 0.4) is 0 Å². The van der Waals surface area contributed by atoms with Crippen LogP contribution in [0.5, 0.6) is 11.5 Å². The van der Waals surface area contributed by atoms with Gasteiger partial charge in [-0.3, -0.25) is 14.4 Å². The van der Waals surface area contributed by atoms with Gasteiger partial charge in [0.05, 0.1) is 17.7 Å².